The van der Waals surface area contributed by atoms with Crippen molar-refractivity contribution < 1.29 is 58.9 Å². The number of aryl methyl sites for hydroxylation is 1. The molecule has 0 saturated carbocycles. The average Bonchev–Trinajstić information content (AvgIpc) is 3.39. The summed E-state index contributed by atoms with van der Waals surface area (Å²) in [7, 11) is 0. The minimum atomic E-state index is -5.08. The van der Waals surface area contributed by atoms with E-state index >= 15 is 0 Å². The number of aliphatic carboxylic acids is 1. The lowest BCUT2D eigenvalue weighted by Crippen LogP contribution is -2.68. The number of hydrogen-bond acceptors (Lipinski definition) is 10. The van der Waals surface area contributed by atoms with Gasteiger partial charge in [0.25, 0.3) is 0 Å². The molecule has 0 aliphatic carbocycles. The van der Waals surface area contributed by atoms with Gasteiger partial charge >= 0.3 is 24.5 Å². The number of aldehydes is 1. The number of aromatic nitrogens is 4. The fraction of sp³-hybridized carbons (Fsp3) is 0.690. The number of ether oxygens (including phenoxy) is 1. The second-order valence-corrected chi connectivity index (χ2v) is 12.2. The van der Waals surface area contributed by atoms with E-state index in [0.717, 1.165) is 39.0 Å². The van der Waals surface area contributed by atoms with Crippen LogP contribution in [0.3, 0.4) is 0 Å². The highest BCUT2D eigenvalue weighted by Crippen LogP contribution is 2.38. The summed E-state index contributed by atoms with van der Waals surface area (Å²) < 4.78 is 112. The van der Waals surface area contributed by atoms with Gasteiger partial charge in [0.2, 0.25) is 12.1 Å². The van der Waals surface area contributed by atoms with Crippen molar-refractivity contribution in [3.05, 3.63) is 29.3 Å². The number of anilines is 2. The molecular weight excluding hydrogens is 695 g/mol. The van der Waals surface area contributed by atoms with Gasteiger partial charge in [-0.15, -0.1) is 0 Å². The van der Waals surface area contributed by atoms with E-state index < -0.39 is 36.6 Å². The Morgan fingerprint density at radius 2 is 1.54 bits per heavy atom. The van der Waals surface area contributed by atoms with Gasteiger partial charge in [-0.25, -0.2) is 14.8 Å². The van der Waals surface area contributed by atoms with Crippen LogP contribution in [0, 0.1) is 6.92 Å². The van der Waals surface area contributed by atoms with Crippen LogP contribution in [0.15, 0.2) is 12.3 Å². The van der Waals surface area contributed by atoms with Gasteiger partial charge in [0.1, 0.15) is 11.6 Å². The van der Waals surface area contributed by atoms with Crippen molar-refractivity contribution in [2.24, 2.45) is 0 Å². The van der Waals surface area contributed by atoms with Crippen molar-refractivity contribution in [3.63, 3.8) is 0 Å². The first kappa shape index (κ1) is 39.1. The Labute approximate surface area is 280 Å². The monoisotopic (exact) mass is 732 g/mol. The van der Waals surface area contributed by atoms with E-state index in [1.165, 1.54) is 11.3 Å². The van der Waals surface area contributed by atoms with Gasteiger partial charge in [0.15, 0.2) is 0 Å². The van der Waals surface area contributed by atoms with Gasteiger partial charge in [0, 0.05) is 75.6 Å². The van der Waals surface area contributed by atoms with E-state index in [-0.39, 0.29) is 12.1 Å². The highest BCUT2D eigenvalue weighted by Gasteiger charge is 2.43. The van der Waals surface area contributed by atoms with Crippen LogP contribution >= 0.6 is 0 Å². The Morgan fingerprint density at radius 1 is 0.980 bits per heavy atom. The van der Waals surface area contributed by atoms with Crippen LogP contribution in [0.5, 0.6) is 0 Å². The second kappa shape index (κ2) is 15.7. The standard InChI is InChI=1S/C25H35F3N8O.C2HF3O2.C2HF3O/c1-16-12-30-36(19-14-37-15-19)23(16)18-3-7-34(8-4-18)21-11-22(32-24(31-21)25(26,27)28)35-13-20(17(35)2)33-9-5-29-6-10-33;3-2(4,5)1(6)7;3-2(4,5)1-6/h11-12,17-20,29H,3-10,13-15H2,1-2H3;(H,6,7);1H/t17-,20-;;/m1../s1. The molecule has 4 aliphatic rings. The summed E-state index contributed by atoms with van der Waals surface area (Å²) in [4.78, 5) is 32.0. The molecular formula is C29H37F9N8O4. The molecule has 50 heavy (non-hydrogen) atoms. The molecule has 0 spiro atoms. The maximum atomic E-state index is 13.8. The SMILES string of the molecule is Cc1cnn(C2COC2)c1C1CCN(c2cc(N3C[C@@H](N4CCNCC4)[C@H]3C)nc(C(F)(F)F)n2)CC1.O=C(O)C(F)(F)F.O=CC(F)(F)F. The lowest BCUT2D eigenvalue weighted by Gasteiger charge is -2.53. The zero-order chi connectivity index (χ0) is 37.0. The van der Waals surface area contributed by atoms with E-state index in [0.29, 0.717) is 56.4 Å². The Bertz CT molecular complexity index is 1450. The number of carboxylic acids is 1. The van der Waals surface area contributed by atoms with Crippen molar-refractivity contribution >= 4 is 23.9 Å². The number of halogens is 9. The summed E-state index contributed by atoms with van der Waals surface area (Å²) in [6.07, 6.45) is -11.8. The van der Waals surface area contributed by atoms with Gasteiger partial charge in [-0.2, -0.15) is 44.6 Å². The molecule has 0 radical (unpaired) electrons. The van der Waals surface area contributed by atoms with Crippen molar-refractivity contribution in [3.8, 4) is 0 Å². The number of nitrogens with one attached hydrogen (secondary N) is 1. The van der Waals surface area contributed by atoms with E-state index in [2.05, 4.69) is 43.8 Å². The topological polar surface area (TPSA) is 129 Å². The molecule has 2 N–H and O–H groups in total. The zero-order valence-corrected chi connectivity index (χ0v) is 27.0. The summed E-state index contributed by atoms with van der Waals surface area (Å²) in [5, 5.41) is 15.1. The lowest BCUT2D eigenvalue weighted by molar-refractivity contribution is -0.192. The molecule has 0 amide bonds. The third kappa shape index (κ3) is 9.74. The maximum absolute atomic E-state index is 13.8. The fourth-order valence-electron chi connectivity index (χ4n) is 6.19. The number of rotatable bonds is 5. The first-order chi connectivity index (χ1) is 23.3. The number of carbonyl (C=O) groups excluding carboxylic acids is 1. The van der Waals surface area contributed by atoms with Gasteiger partial charge in [-0.1, -0.05) is 0 Å². The van der Waals surface area contributed by atoms with E-state index in [1.807, 2.05) is 16.0 Å². The van der Waals surface area contributed by atoms with Crippen molar-refractivity contribution in [2.45, 2.75) is 69.3 Å². The van der Waals surface area contributed by atoms with Crippen LogP contribution in [0.2, 0.25) is 0 Å². The van der Waals surface area contributed by atoms with Crippen LogP contribution in [0.4, 0.5) is 51.1 Å². The lowest BCUT2D eigenvalue weighted by atomic mass is 9.91. The number of piperidine rings is 1. The van der Waals surface area contributed by atoms with Gasteiger partial charge in [0.05, 0.1) is 25.5 Å². The zero-order valence-electron chi connectivity index (χ0n) is 27.0. The van der Waals surface area contributed by atoms with E-state index in [9.17, 15) is 39.5 Å². The molecule has 2 atom stereocenters. The molecule has 6 rings (SSSR count). The number of nitrogens with zero attached hydrogens (tertiary/aromatic N) is 7. The quantitative estimate of drug-likeness (QED) is 0.344. The van der Waals surface area contributed by atoms with Crippen molar-refractivity contribution in [1.82, 2.24) is 30.0 Å². The molecule has 4 saturated heterocycles. The summed E-state index contributed by atoms with van der Waals surface area (Å²) in [5.41, 5.74) is 2.40. The summed E-state index contributed by atoms with van der Waals surface area (Å²) >= 11 is 0. The summed E-state index contributed by atoms with van der Waals surface area (Å²) in [6.45, 7) is 11.3. The van der Waals surface area contributed by atoms with Crippen molar-refractivity contribution in [2.75, 3.05) is 68.8 Å². The summed E-state index contributed by atoms with van der Waals surface area (Å²) in [6, 6.07) is 2.47. The summed E-state index contributed by atoms with van der Waals surface area (Å²) in [5.74, 6) is -2.76. The molecule has 4 fully saturated rings. The largest absolute Gasteiger partial charge is 0.490 e. The number of carboxylic acid groups (broad SMARTS) is 1. The molecule has 0 unspecified atom stereocenters. The molecule has 0 bridgehead atoms. The first-order valence-electron chi connectivity index (χ1n) is 15.7. The van der Waals surface area contributed by atoms with Crippen LogP contribution in [0.1, 0.15) is 48.8 Å². The number of carbonyl (C=O) groups is 2. The molecule has 12 nitrogen and oxygen atoms in total. The van der Waals surface area contributed by atoms with E-state index in [1.54, 1.807) is 6.07 Å². The Balaban J connectivity index is 0.000000369. The predicted molar refractivity (Wildman–Crippen MR) is 159 cm³/mol. The molecule has 21 heteroatoms. The van der Waals surface area contributed by atoms with Gasteiger partial charge in [-0.05, 0) is 32.3 Å². The first-order valence-corrected chi connectivity index (χ1v) is 15.7. The minimum Gasteiger partial charge on any atom is -0.475 e. The average molecular weight is 733 g/mol. The van der Waals surface area contributed by atoms with Crippen LogP contribution in [-0.4, -0.2) is 125 Å². The number of hydrogen-bond donors (Lipinski definition) is 2. The Kier molecular flexibility index (Phi) is 12.2. The van der Waals surface area contributed by atoms with E-state index in [4.69, 9.17) is 19.4 Å². The Morgan fingerprint density at radius 3 is 2.00 bits per heavy atom. The maximum Gasteiger partial charge on any atom is 0.490 e. The van der Waals surface area contributed by atoms with Gasteiger partial charge < -0.3 is 25.0 Å². The van der Waals surface area contributed by atoms with Gasteiger partial charge in [-0.3, -0.25) is 14.4 Å². The van der Waals surface area contributed by atoms with Crippen LogP contribution in [0.25, 0.3) is 0 Å². The third-order valence-electron chi connectivity index (χ3n) is 8.87. The fourth-order valence-corrected chi connectivity index (χ4v) is 6.19. The minimum absolute atomic E-state index is 0.103. The number of alkyl halides is 9. The Hall–Kier alpha value is -3.72. The highest BCUT2D eigenvalue weighted by molar-refractivity contribution is 5.73. The molecule has 280 valence electrons. The third-order valence-corrected chi connectivity index (χ3v) is 8.87. The molecule has 4 aliphatic heterocycles. The van der Waals surface area contributed by atoms with Crippen LogP contribution in [-0.2, 0) is 20.5 Å². The van der Waals surface area contributed by atoms with Crippen LogP contribution < -0.4 is 15.1 Å². The predicted octanol–water partition coefficient (Wildman–Crippen LogP) is 3.82. The second-order valence-electron chi connectivity index (χ2n) is 12.2. The molecule has 0 aromatic carbocycles. The molecule has 2 aromatic heterocycles. The smallest absolute Gasteiger partial charge is 0.475 e. The molecule has 2 aromatic rings. The highest BCUT2D eigenvalue weighted by atomic mass is 19.4. The van der Waals surface area contributed by atoms with Crippen molar-refractivity contribution in [1.29, 1.82) is 0 Å². The number of piperazine rings is 1. The molecule has 6 heterocycles. The normalized spacial score (nSPS) is 22.4.